The molecular weight excluding hydrogens is 463 g/mol. The molecule has 0 aliphatic carbocycles. The second-order valence-electron chi connectivity index (χ2n) is 7.83. The van der Waals surface area contributed by atoms with Crippen molar-refractivity contribution in [2.24, 2.45) is 0 Å². The normalized spacial score (nSPS) is 11.0. The molecule has 3 aromatic rings. The molecule has 0 bridgehead atoms. The number of hydrogen-bond acceptors (Lipinski definition) is 5. The topological polar surface area (TPSA) is 43.7 Å². The summed E-state index contributed by atoms with van der Waals surface area (Å²) in [5, 5.41) is 0.0743. The largest absolute Gasteiger partial charge is 0.497 e. The van der Waals surface area contributed by atoms with Crippen molar-refractivity contribution in [2.45, 2.75) is 19.9 Å². The Morgan fingerprint density at radius 2 is 1.82 bits per heavy atom. The van der Waals surface area contributed by atoms with Crippen molar-refractivity contribution >= 4 is 35.1 Å². The summed E-state index contributed by atoms with van der Waals surface area (Å²) in [5.74, 6) is 2.56. The van der Waals surface area contributed by atoms with E-state index >= 15 is 0 Å². The maximum absolute atomic E-state index is 15.0. The lowest BCUT2D eigenvalue weighted by molar-refractivity contribution is 0.319. The third-order valence-electron chi connectivity index (χ3n) is 5.16. The smallest absolute Gasteiger partial charge is 0.200 e. The number of nitrogens with zero attached hydrogens (tertiary/aromatic N) is 2. The minimum Gasteiger partial charge on any atom is -0.497 e. The zero-order valence-corrected chi connectivity index (χ0v) is 21.2. The molecule has 180 valence electrons. The van der Waals surface area contributed by atoms with Crippen LogP contribution in [0.4, 0.5) is 4.39 Å². The summed E-state index contributed by atoms with van der Waals surface area (Å²) in [7, 11) is 5.70. The molecule has 0 aliphatic rings. The fourth-order valence-corrected chi connectivity index (χ4v) is 4.48. The Hall–Kier alpha value is -2.22. The summed E-state index contributed by atoms with van der Waals surface area (Å²) in [6.07, 6.45) is 2.66. The van der Waals surface area contributed by atoms with Gasteiger partial charge in [-0.15, -0.1) is 12.4 Å². The first-order chi connectivity index (χ1) is 15.5. The summed E-state index contributed by atoms with van der Waals surface area (Å²) in [4.78, 5) is 15.5. The van der Waals surface area contributed by atoms with Crippen LogP contribution in [0, 0.1) is 5.82 Å². The third kappa shape index (κ3) is 6.65. The first-order valence-electron chi connectivity index (χ1n) is 10.8. The molecule has 0 N–H and O–H groups in total. The molecule has 0 saturated carbocycles. The predicted molar refractivity (Wildman–Crippen MR) is 139 cm³/mol. The van der Waals surface area contributed by atoms with Gasteiger partial charge in [-0.1, -0.05) is 19.1 Å². The highest BCUT2D eigenvalue weighted by Gasteiger charge is 2.18. The SMILES string of the molecule is CCCOc1ccc(F)c2c(=O)c(-c3ccc(OC)cc3)cn(CCSCCN(C)C)c12.Cl. The van der Waals surface area contributed by atoms with Crippen LogP contribution in [0.1, 0.15) is 13.3 Å². The zero-order valence-electron chi connectivity index (χ0n) is 19.6. The van der Waals surface area contributed by atoms with Crippen molar-refractivity contribution in [2.75, 3.05) is 45.9 Å². The Morgan fingerprint density at radius 1 is 1.09 bits per heavy atom. The molecule has 0 unspecified atom stereocenters. The van der Waals surface area contributed by atoms with E-state index in [1.165, 1.54) is 6.07 Å². The summed E-state index contributed by atoms with van der Waals surface area (Å²) < 4.78 is 28.1. The van der Waals surface area contributed by atoms with Gasteiger partial charge in [0.2, 0.25) is 0 Å². The number of ether oxygens (including phenoxy) is 2. The third-order valence-corrected chi connectivity index (χ3v) is 6.10. The number of aryl methyl sites for hydroxylation is 1. The Kier molecular flexibility index (Phi) is 10.5. The van der Waals surface area contributed by atoms with Gasteiger partial charge in [-0.2, -0.15) is 11.8 Å². The van der Waals surface area contributed by atoms with Crippen LogP contribution in [0.5, 0.6) is 11.5 Å². The van der Waals surface area contributed by atoms with Crippen LogP contribution >= 0.6 is 24.2 Å². The van der Waals surface area contributed by atoms with Gasteiger partial charge in [0.15, 0.2) is 5.43 Å². The lowest BCUT2D eigenvalue weighted by Crippen LogP contribution is -2.17. The van der Waals surface area contributed by atoms with Gasteiger partial charge >= 0.3 is 0 Å². The Bertz CT molecular complexity index is 1100. The summed E-state index contributed by atoms with van der Waals surface area (Å²) in [6, 6.07) is 10.2. The van der Waals surface area contributed by atoms with E-state index in [2.05, 4.69) is 19.0 Å². The van der Waals surface area contributed by atoms with Crippen molar-refractivity contribution in [3.05, 3.63) is 58.6 Å². The average molecular weight is 495 g/mol. The van der Waals surface area contributed by atoms with Crippen molar-refractivity contribution in [1.82, 2.24) is 9.47 Å². The molecule has 0 aliphatic heterocycles. The minimum absolute atomic E-state index is 0. The highest BCUT2D eigenvalue weighted by atomic mass is 35.5. The minimum atomic E-state index is -0.529. The Morgan fingerprint density at radius 3 is 2.45 bits per heavy atom. The molecule has 8 heteroatoms. The van der Waals surface area contributed by atoms with Crippen LogP contribution < -0.4 is 14.9 Å². The van der Waals surface area contributed by atoms with Crippen molar-refractivity contribution < 1.29 is 13.9 Å². The Labute approximate surface area is 205 Å². The number of hydrogen-bond donors (Lipinski definition) is 0. The van der Waals surface area contributed by atoms with Crippen molar-refractivity contribution in [3.8, 4) is 22.6 Å². The van der Waals surface area contributed by atoms with E-state index in [0.29, 0.717) is 35.7 Å². The molecule has 0 amide bonds. The molecule has 1 heterocycles. The van der Waals surface area contributed by atoms with Gasteiger partial charge in [-0.25, -0.2) is 4.39 Å². The molecule has 33 heavy (non-hydrogen) atoms. The van der Waals surface area contributed by atoms with E-state index < -0.39 is 5.82 Å². The van der Waals surface area contributed by atoms with Crippen LogP contribution in [-0.4, -0.2) is 55.3 Å². The van der Waals surface area contributed by atoms with Crippen LogP contribution in [0.3, 0.4) is 0 Å². The van der Waals surface area contributed by atoms with Crippen molar-refractivity contribution in [3.63, 3.8) is 0 Å². The van der Waals surface area contributed by atoms with Crippen LogP contribution in [0.15, 0.2) is 47.4 Å². The number of fused-ring (bicyclic) bond motifs is 1. The second-order valence-corrected chi connectivity index (χ2v) is 9.05. The number of methoxy groups -OCH3 is 1. The molecule has 0 saturated heterocycles. The van der Waals surface area contributed by atoms with Crippen molar-refractivity contribution in [1.29, 1.82) is 0 Å². The maximum Gasteiger partial charge on any atom is 0.200 e. The first-order valence-corrected chi connectivity index (χ1v) is 12.0. The summed E-state index contributed by atoms with van der Waals surface area (Å²) in [5.41, 5.74) is 1.38. The van der Waals surface area contributed by atoms with E-state index in [0.717, 1.165) is 30.0 Å². The number of rotatable bonds is 11. The highest BCUT2D eigenvalue weighted by Crippen LogP contribution is 2.30. The van der Waals surface area contributed by atoms with Crippen LogP contribution in [0.25, 0.3) is 22.0 Å². The number of pyridine rings is 1. The fraction of sp³-hybridized carbons (Fsp3) is 0.400. The molecule has 0 spiro atoms. The monoisotopic (exact) mass is 494 g/mol. The van der Waals surface area contributed by atoms with Gasteiger partial charge in [-0.05, 0) is 50.3 Å². The zero-order chi connectivity index (χ0) is 23.1. The summed E-state index contributed by atoms with van der Waals surface area (Å²) in [6.45, 7) is 4.16. The average Bonchev–Trinajstić information content (AvgIpc) is 2.79. The predicted octanol–water partition coefficient (Wildman–Crippen LogP) is 5.32. The van der Waals surface area contributed by atoms with Crippen LogP contribution in [0.2, 0.25) is 0 Å². The highest BCUT2D eigenvalue weighted by molar-refractivity contribution is 7.99. The fourth-order valence-electron chi connectivity index (χ4n) is 3.46. The Balaban J connectivity index is 0.00000385. The van der Waals surface area contributed by atoms with Crippen LogP contribution in [-0.2, 0) is 6.54 Å². The number of halogens is 2. The van der Waals surface area contributed by atoms with E-state index in [1.54, 1.807) is 25.3 Å². The molecule has 2 aromatic carbocycles. The number of thioether (sulfide) groups is 1. The molecule has 0 radical (unpaired) electrons. The number of aromatic nitrogens is 1. The lowest BCUT2D eigenvalue weighted by atomic mass is 10.0. The quantitative estimate of drug-likeness (QED) is 0.337. The number of benzene rings is 2. The van der Waals surface area contributed by atoms with E-state index in [9.17, 15) is 9.18 Å². The second kappa shape index (κ2) is 12.9. The lowest BCUT2D eigenvalue weighted by Gasteiger charge is -2.18. The first kappa shape index (κ1) is 27.0. The molecule has 0 atom stereocenters. The molecule has 5 nitrogen and oxygen atoms in total. The van der Waals surface area contributed by atoms with E-state index in [4.69, 9.17) is 9.47 Å². The van der Waals surface area contributed by atoms with E-state index in [1.807, 2.05) is 41.6 Å². The molecular formula is C25H32ClFN2O3S. The van der Waals surface area contributed by atoms with E-state index in [-0.39, 0.29) is 23.2 Å². The van der Waals surface area contributed by atoms with Gasteiger partial charge in [0, 0.05) is 36.4 Å². The standard InChI is InChI=1S/C25H31FN2O3S.ClH/c1-5-14-31-22-11-10-21(26)23-24(22)28(13-16-32-15-12-27(2)3)17-20(25(23)29)18-6-8-19(30-4)9-7-18;/h6-11,17H,5,12-16H2,1-4H3;1H. The summed E-state index contributed by atoms with van der Waals surface area (Å²) >= 11 is 1.83. The maximum atomic E-state index is 15.0. The van der Waals surface area contributed by atoms with Gasteiger partial charge in [0.1, 0.15) is 17.3 Å². The molecule has 0 fully saturated rings. The molecule has 3 rings (SSSR count). The van der Waals surface area contributed by atoms with Gasteiger partial charge in [0.05, 0.1) is 24.6 Å². The van der Waals surface area contributed by atoms with Gasteiger partial charge < -0.3 is 18.9 Å². The molecule has 1 aromatic heterocycles. The van der Waals surface area contributed by atoms with Gasteiger partial charge in [0.25, 0.3) is 0 Å². The van der Waals surface area contributed by atoms with Gasteiger partial charge in [-0.3, -0.25) is 4.79 Å².